The summed E-state index contributed by atoms with van der Waals surface area (Å²) in [5.74, 6) is -0.757. The number of amides is 1. The average molecular weight is 380 g/mol. The number of carbonyl (C=O) groups is 1. The van der Waals surface area contributed by atoms with E-state index in [1.54, 1.807) is 30.3 Å². The summed E-state index contributed by atoms with van der Waals surface area (Å²) < 4.78 is 19.5. The molecule has 2 aromatic carbocycles. The standard InChI is InChI=1S/C22H21FN2O3/c1-13-10-21(26)28-20-12-16(3-4-17(13)20)25-22(27)18-11-15(2-5-19(18)23)14-6-8-24-9-7-14/h2-5,10-12,14,24H,6-9H2,1H3,(H,25,27). The molecule has 144 valence electrons. The number of carbonyl (C=O) groups excluding carboxylic acids is 1. The van der Waals surface area contributed by atoms with Gasteiger partial charge in [-0.25, -0.2) is 9.18 Å². The van der Waals surface area contributed by atoms with Gasteiger partial charge in [0, 0.05) is 23.2 Å². The van der Waals surface area contributed by atoms with Crippen LogP contribution < -0.4 is 16.3 Å². The first kappa shape index (κ1) is 18.4. The summed E-state index contributed by atoms with van der Waals surface area (Å²) in [5.41, 5.74) is 2.17. The first-order valence-electron chi connectivity index (χ1n) is 9.37. The molecule has 1 aliphatic heterocycles. The Morgan fingerprint density at radius 3 is 2.71 bits per heavy atom. The summed E-state index contributed by atoms with van der Waals surface area (Å²) in [6.07, 6.45) is 1.94. The van der Waals surface area contributed by atoms with Crippen LogP contribution in [0.1, 0.15) is 40.2 Å². The van der Waals surface area contributed by atoms with Crippen LogP contribution in [0.3, 0.4) is 0 Å². The molecular weight excluding hydrogens is 359 g/mol. The third kappa shape index (κ3) is 3.68. The lowest BCUT2D eigenvalue weighted by molar-refractivity contribution is 0.102. The van der Waals surface area contributed by atoms with Crippen LogP contribution >= 0.6 is 0 Å². The second-order valence-electron chi connectivity index (χ2n) is 7.18. The van der Waals surface area contributed by atoms with E-state index in [2.05, 4.69) is 10.6 Å². The molecule has 0 bridgehead atoms. The van der Waals surface area contributed by atoms with Gasteiger partial charge in [0.05, 0.1) is 5.56 Å². The van der Waals surface area contributed by atoms with E-state index >= 15 is 0 Å². The maximum absolute atomic E-state index is 14.3. The molecule has 1 amide bonds. The van der Waals surface area contributed by atoms with Crippen molar-refractivity contribution in [3.05, 3.63) is 75.4 Å². The molecule has 2 N–H and O–H groups in total. The van der Waals surface area contributed by atoms with E-state index in [1.807, 2.05) is 6.92 Å². The molecule has 0 radical (unpaired) electrons. The highest BCUT2D eigenvalue weighted by molar-refractivity contribution is 6.05. The molecular formula is C22H21FN2O3. The number of piperidine rings is 1. The Balaban J connectivity index is 1.61. The van der Waals surface area contributed by atoms with E-state index in [1.165, 1.54) is 12.1 Å². The zero-order chi connectivity index (χ0) is 19.7. The molecule has 0 saturated carbocycles. The van der Waals surface area contributed by atoms with Crippen molar-refractivity contribution in [2.45, 2.75) is 25.7 Å². The first-order valence-corrected chi connectivity index (χ1v) is 9.37. The molecule has 1 saturated heterocycles. The third-order valence-corrected chi connectivity index (χ3v) is 5.25. The Morgan fingerprint density at radius 1 is 1.14 bits per heavy atom. The molecule has 0 aliphatic carbocycles. The summed E-state index contributed by atoms with van der Waals surface area (Å²) in [6.45, 7) is 3.66. The average Bonchev–Trinajstić information content (AvgIpc) is 2.68. The van der Waals surface area contributed by atoms with Crippen LogP contribution in [-0.2, 0) is 0 Å². The van der Waals surface area contributed by atoms with Crippen molar-refractivity contribution in [2.24, 2.45) is 0 Å². The fourth-order valence-corrected chi connectivity index (χ4v) is 3.73. The number of benzene rings is 2. The maximum Gasteiger partial charge on any atom is 0.336 e. The molecule has 6 heteroatoms. The van der Waals surface area contributed by atoms with Gasteiger partial charge in [0.1, 0.15) is 11.4 Å². The lowest BCUT2D eigenvalue weighted by Gasteiger charge is -2.23. The Morgan fingerprint density at radius 2 is 1.93 bits per heavy atom. The number of rotatable bonds is 3. The quantitative estimate of drug-likeness (QED) is 0.675. The second kappa shape index (κ2) is 7.56. The molecule has 0 atom stereocenters. The zero-order valence-electron chi connectivity index (χ0n) is 15.5. The minimum atomic E-state index is -0.557. The van der Waals surface area contributed by atoms with Gasteiger partial charge in [-0.05, 0) is 74.2 Å². The van der Waals surface area contributed by atoms with Gasteiger partial charge < -0.3 is 15.1 Å². The molecule has 1 aliphatic rings. The van der Waals surface area contributed by atoms with Crippen LogP contribution in [0.2, 0.25) is 0 Å². The summed E-state index contributed by atoms with van der Waals surface area (Å²) in [4.78, 5) is 24.3. The highest BCUT2D eigenvalue weighted by atomic mass is 19.1. The van der Waals surface area contributed by atoms with Gasteiger partial charge in [-0.15, -0.1) is 0 Å². The molecule has 28 heavy (non-hydrogen) atoms. The predicted octanol–water partition coefficient (Wildman–Crippen LogP) is 3.96. The fraction of sp³-hybridized carbons (Fsp3) is 0.273. The minimum absolute atomic E-state index is 0.0156. The maximum atomic E-state index is 14.3. The highest BCUT2D eigenvalue weighted by Gasteiger charge is 2.19. The van der Waals surface area contributed by atoms with Gasteiger partial charge in [-0.2, -0.15) is 0 Å². The number of hydrogen-bond acceptors (Lipinski definition) is 4. The van der Waals surface area contributed by atoms with Gasteiger partial charge in [0.15, 0.2) is 0 Å². The lowest BCUT2D eigenvalue weighted by atomic mass is 9.89. The van der Waals surface area contributed by atoms with Gasteiger partial charge >= 0.3 is 5.63 Å². The first-order chi connectivity index (χ1) is 13.5. The largest absolute Gasteiger partial charge is 0.423 e. The predicted molar refractivity (Wildman–Crippen MR) is 106 cm³/mol. The normalized spacial score (nSPS) is 14.9. The summed E-state index contributed by atoms with van der Waals surface area (Å²) in [7, 11) is 0. The number of halogens is 1. The zero-order valence-corrected chi connectivity index (χ0v) is 15.5. The topological polar surface area (TPSA) is 71.3 Å². The van der Waals surface area contributed by atoms with Gasteiger partial charge in [0.2, 0.25) is 0 Å². The molecule has 0 unspecified atom stereocenters. The van der Waals surface area contributed by atoms with Crippen molar-refractivity contribution in [3.63, 3.8) is 0 Å². The van der Waals surface area contributed by atoms with Crippen molar-refractivity contribution in [1.82, 2.24) is 5.32 Å². The molecule has 1 aromatic heterocycles. The lowest BCUT2D eigenvalue weighted by Crippen LogP contribution is -2.26. The highest BCUT2D eigenvalue weighted by Crippen LogP contribution is 2.27. The Bertz CT molecular complexity index is 1100. The Hall–Kier alpha value is -2.99. The molecule has 5 nitrogen and oxygen atoms in total. The second-order valence-corrected chi connectivity index (χ2v) is 7.18. The van der Waals surface area contributed by atoms with Crippen molar-refractivity contribution in [3.8, 4) is 0 Å². The van der Waals surface area contributed by atoms with Crippen LogP contribution in [0.15, 0.2) is 51.7 Å². The molecule has 1 fully saturated rings. The number of anilines is 1. The summed E-state index contributed by atoms with van der Waals surface area (Å²) in [5, 5.41) is 6.80. The van der Waals surface area contributed by atoms with Crippen LogP contribution in [0, 0.1) is 12.7 Å². The number of fused-ring (bicyclic) bond motifs is 1. The van der Waals surface area contributed by atoms with E-state index in [4.69, 9.17) is 4.42 Å². The van der Waals surface area contributed by atoms with Crippen LogP contribution in [0.4, 0.5) is 10.1 Å². The van der Waals surface area contributed by atoms with E-state index in [0.717, 1.165) is 42.4 Å². The van der Waals surface area contributed by atoms with Crippen LogP contribution in [0.5, 0.6) is 0 Å². The Labute approximate surface area is 161 Å². The smallest absolute Gasteiger partial charge is 0.336 e. The van der Waals surface area contributed by atoms with Crippen molar-refractivity contribution in [2.75, 3.05) is 18.4 Å². The Kier molecular flexibility index (Phi) is 4.96. The molecule has 3 aromatic rings. The summed E-state index contributed by atoms with van der Waals surface area (Å²) in [6, 6.07) is 11.2. The van der Waals surface area contributed by atoms with Crippen molar-refractivity contribution in [1.29, 1.82) is 0 Å². The molecule has 4 rings (SSSR count). The monoisotopic (exact) mass is 380 g/mol. The van der Waals surface area contributed by atoms with Crippen molar-refractivity contribution >= 4 is 22.6 Å². The number of aryl methyl sites for hydroxylation is 1. The fourth-order valence-electron chi connectivity index (χ4n) is 3.73. The minimum Gasteiger partial charge on any atom is -0.423 e. The molecule has 0 spiro atoms. The van der Waals surface area contributed by atoms with Gasteiger partial charge in [-0.3, -0.25) is 4.79 Å². The summed E-state index contributed by atoms with van der Waals surface area (Å²) >= 11 is 0. The number of nitrogens with one attached hydrogen (secondary N) is 2. The SMILES string of the molecule is Cc1cc(=O)oc2cc(NC(=O)c3cc(C4CCNCC4)ccc3F)ccc12. The number of hydrogen-bond donors (Lipinski definition) is 2. The van der Waals surface area contributed by atoms with E-state index < -0.39 is 17.3 Å². The third-order valence-electron chi connectivity index (χ3n) is 5.25. The van der Waals surface area contributed by atoms with E-state index in [0.29, 0.717) is 17.2 Å². The molecule has 2 heterocycles. The van der Waals surface area contributed by atoms with E-state index in [9.17, 15) is 14.0 Å². The van der Waals surface area contributed by atoms with E-state index in [-0.39, 0.29) is 5.56 Å². The van der Waals surface area contributed by atoms with Crippen LogP contribution in [-0.4, -0.2) is 19.0 Å². The van der Waals surface area contributed by atoms with Gasteiger partial charge in [-0.1, -0.05) is 6.07 Å². The van der Waals surface area contributed by atoms with Crippen LogP contribution in [0.25, 0.3) is 11.0 Å². The van der Waals surface area contributed by atoms with Gasteiger partial charge in [0.25, 0.3) is 5.91 Å². The van der Waals surface area contributed by atoms with Crippen molar-refractivity contribution < 1.29 is 13.6 Å².